The Bertz CT molecular complexity index is 505. The molecular formula is C12H14FN3. The van der Waals surface area contributed by atoms with Crippen molar-refractivity contribution in [1.82, 2.24) is 9.78 Å². The van der Waals surface area contributed by atoms with Crippen molar-refractivity contribution >= 4 is 0 Å². The Morgan fingerprint density at radius 2 is 2.12 bits per heavy atom. The maximum Gasteiger partial charge on any atom is 0.126 e. The lowest BCUT2D eigenvalue weighted by atomic mass is 10.0. The molecule has 0 radical (unpaired) electrons. The van der Waals surface area contributed by atoms with Crippen molar-refractivity contribution in [2.75, 3.05) is 0 Å². The maximum absolute atomic E-state index is 13.4. The van der Waals surface area contributed by atoms with E-state index in [9.17, 15) is 4.39 Å². The molecule has 0 aliphatic heterocycles. The fraction of sp³-hybridized carbons (Fsp3) is 0.250. The van der Waals surface area contributed by atoms with Gasteiger partial charge in [0.05, 0.1) is 11.7 Å². The third kappa shape index (κ3) is 1.84. The number of hydrogen-bond acceptors (Lipinski definition) is 2. The molecule has 0 bridgehead atoms. The lowest BCUT2D eigenvalue weighted by Crippen LogP contribution is -2.16. The van der Waals surface area contributed by atoms with Gasteiger partial charge in [-0.2, -0.15) is 5.10 Å². The van der Waals surface area contributed by atoms with E-state index in [2.05, 4.69) is 5.10 Å². The second kappa shape index (κ2) is 4.06. The quantitative estimate of drug-likeness (QED) is 0.838. The minimum Gasteiger partial charge on any atom is -0.319 e. The summed E-state index contributed by atoms with van der Waals surface area (Å²) < 4.78 is 15.1. The zero-order valence-electron chi connectivity index (χ0n) is 9.31. The molecule has 0 aliphatic rings. The number of hydrogen-bond donors (Lipinski definition) is 1. The predicted octanol–water partition coefficient (Wildman–Crippen LogP) is 1.92. The van der Waals surface area contributed by atoms with Crippen LogP contribution in [0.1, 0.15) is 22.9 Å². The summed E-state index contributed by atoms with van der Waals surface area (Å²) in [5.74, 6) is -0.227. The minimum atomic E-state index is -0.345. The third-order valence-corrected chi connectivity index (χ3v) is 2.73. The molecule has 3 nitrogen and oxygen atoms in total. The summed E-state index contributed by atoms with van der Waals surface area (Å²) in [5.41, 5.74) is 8.30. The van der Waals surface area contributed by atoms with Crippen LogP contribution in [-0.4, -0.2) is 9.78 Å². The second-order valence-corrected chi connectivity index (χ2v) is 3.87. The third-order valence-electron chi connectivity index (χ3n) is 2.73. The van der Waals surface area contributed by atoms with Gasteiger partial charge in [0, 0.05) is 13.2 Å². The number of nitrogens with two attached hydrogens (primary N) is 1. The highest BCUT2D eigenvalue weighted by molar-refractivity contribution is 5.30. The molecule has 4 heteroatoms. The van der Waals surface area contributed by atoms with Crippen LogP contribution in [0.3, 0.4) is 0 Å². The van der Waals surface area contributed by atoms with E-state index in [-0.39, 0.29) is 11.9 Å². The van der Waals surface area contributed by atoms with Crippen LogP contribution in [0.15, 0.2) is 30.5 Å². The molecule has 1 unspecified atom stereocenters. The molecule has 0 fully saturated rings. The molecule has 1 atom stereocenters. The average molecular weight is 219 g/mol. The van der Waals surface area contributed by atoms with Crippen LogP contribution in [0.2, 0.25) is 0 Å². The van der Waals surface area contributed by atoms with Crippen LogP contribution in [0.5, 0.6) is 0 Å². The summed E-state index contributed by atoms with van der Waals surface area (Å²) in [7, 11) is 1.82. The van der Waals surface area contributed by atoms with Gasteiger partial charge in [-0.25, -0.2) is 4.39 Å². The van der Waals surface area contributed by atoms with Crippen LogP contribution >= 0.6 is 0 Å². The second-order valence-electron chi connectivity index (χ2n) is 3.87. The zero-order chi connectivity index (χ0) is 11.7. The van der Waals surface area contributed by atoms with Gasteiger partial charge in [-0.1, -0.05) is 12.1 Å². The van der Waals surface area contributed by atoms with Gasteiger partial charge in [-0.15, -0.1) is 0 Å². The normalized spacial score (nSPS) is 12.8. The molecule has 2 N–H and O–H groups in total. The van der Waals surface area contributed by atoms with Crippen molar-refractivity contribution in [3.8, 4) is 0 Å². The molecule has 1 heterocycles. The molecule has 0 saturated heterocycles. The molecule has 1 aromatic heterocycles. The van der Waals surface area contributed by atoms with Gasteiger partial charge in [0.15, 0.2) is 0 Å². The highest BCUT2D eigenvalue weighted by atomic mass is 19.1. The molecule has 0 aliphatic carbocycles. The monoisotopic (exact) mass is 219 g/mol. The summed E-state index contributed by atoms with van der Waals surface area (Å²) in [5, 5.41) is 4.05. The Hall–Kier alpha value is -1.68. The molecule has 1 aromatic carbocycles. The van der Waals surface area contributed by atoms with E-state index in [1.807, 2.05) is 19.2 Å². The summed E-state index contributed by atoms with van der Waals surface area (Å²) in [6.45, 7) is 1.73. The summed E-state index contributed by atoms with van der Waals surface area (Å²) in [6, 6.07) is 6.55. The number of rotatable bonds is 2. The van der Waals surface area contributed by atoms with E-state index in [1.165, 1.54) is 6.07 Å². The van der Waals surface area contributed by atoms with Crippen LogP contribution in [0.25, 0.3) is 0 Å². The van der Waals surface area contributed by atoms with Crippen molar-refractivity contribution in [3.05, 3.63) is 53.1 Å². The summed E-state index contributed by atoms with van der Waals surface area (Å²) in [6.07, 6.45) is 1.68. The first-order chi connectivity index (χ1) is 7.59. The van der Waals surface area contributed by atoms with Crippen molar-refractivity contribution in [2.24, 2.45) is 12.8 Å². The fourth-order valence-corrected chi connectivity index (χ4v) is 1.66. The van der Waals surface area contributed by atoms with Gasteiger partial charge in [0.2, 0.25) is 0 Å². The zero-order valence-corrected chi connectivity index (χ0v) is 9.31. The Morgan fingerprint density at radius 1 is 1.38 bits per heavy atom. The van der Waals surface area contributed by atoms with Gasteiger partial charge < -0.3 is 5.73 Å². The molecule has 0 spiro atoms. The number of nitrogens with zero attached hydrogens (tertiary/aromatic N) is 2. The van der Waals surface area contributed by atoms with Crippen LogP contribution in [-0.2, 0) is 7.05 Å². The highest BCUT2D eigenvalue weighted by Gasteiger charge is 2.13. The molecule has 16 heavy (non-hydrogen) atoms. The maximum atomic E-state index is 13.4. The van der Waals surface area contributed by atoms with Crippen LogP contribution in [0, 0.1) is 12.7 Å². The van der Waals surface area contributed by atoms with Crippen LogP contribution < -0.4 is 5.73 Å². The van der Waals surface area contributed by atoms with E-state index >= 15 is 0 Å². The summed E-state index contributed by atoms with van der Waals surface area (Å²) in [4.78, 5) is 0. The van der Waals surface area contributed by atoms with Crippen molar-refractivity contribution in [3.63, 3.8) is 0 Å². The highest BCUT2D eigenvalue weighted by Crippen LogP contribution is 2.20. The first kappa shape index (κ1) is 10.8. The molecule has 84 valence electrons. The fourth-order valence-electron chi connectivity index (χ4n) is 1.66. The van der Waals surface area contributed by atoms with Gasteiger partial charge in [0.25, 0.3) is 0 Å². The van der Waals surface area contributed by atoms with Gasteiger partial charge >= 0.3 is 0 Å². The van der Waals surface area contributed by atoms with Crippen LogP contribution in [0.4, 0.5) is 4.39 Å². The minimum absolute atomic E-state index is 0.227. The Balaban J connectivity index is 2.38. The lowest BCUT2D eigenvalue weighted by molar-refractivity contribution is 0.610. The van der Waals surface area contributed by atoms with E-state index in [0.717, 1.165) is 11.3 Å². The predicted molar refractivity (Wildman–Crippen MR) is 60.4 cm³/mol. The smallest absolute Gasteiger partial charge is 0.126 e. The first-order valence-corrected chi connectivity index (χ1v) is 5.09. The molecule has 0 saturated carbocycles. The SMILES string of the molecule is Cc1ccc(C(N)c2ccnn2C)cc1F. The lowest BCUT2D eigenvalue weighted by Gasteiger charge is -2.13. The van der Waals surface area contributed by atoms with Gasteiger partial charge in [-0.3, -0.25) is 4.68 Å². The van der Waals surface area contributed by atoms with Crippen molar-refractivity contribution < 1.29 is 4.39 Å². The Labute approximate surface area is 93.7 Å². The number of aromatic nitrogens is 2. The largest absolute Gasteiger partial charge is 0.319 e. The van der Waals surface area contributed by atoms with Gasteiger partial charge in [-0.05, 0) is 30.2 Å². The topological polar surface area (TPSA) is 43.8 Å². The summed E-state index contributed by atoms with van der Waals surface area (Å²) >= 11 is 0. The Morgan fingerprint density at radius 3 is 2.69 bits per heavy atom. The standard InChI is InChI=1S/C12H14FN3/c1-8-3-4-9(7-10(8)13)12(14)11-5-6-15-16(11)2/h3-7,12H,14H2,1-2H3. The molecule has 0 amide bonds. The van der Waals surface area contributed by atoms with E-state index in [1.54, 1.807) is 23.9 Å². The van der Waals surface area contributed by atoms with E-state index in [4.69, 9.17) is 5.73 Å². The molecule has 2 rings (SSSR count). The number of benzene rings is 1. The van der Waals surface area contributed by atoms with E-state index < -0.39 is 0 Å². The number of halogens is 1. The molecular weight excluding hydrogens is 205 g/mol. The first-order valence-electron chi connectivity index (χ1n) is 5.09. The van der Waals surface area contributed by atoms with E-state index in [0.29, 0.717) is 5.56 Å². The number of aryl methyl sites for hydroxylation is 2. The van der Waals surface area contributed by atoms with Crippen molar-refractivity contribution in [1.29, 1.82) is 0 Å². The van der Waals surface area contributed by atoms with Gasteiger partial charge in [0.1, 0.15) is 5.82 Å². The molecule has 2 aromatic rings. The average Bonchev–Trinajstić information content (AvgIpc) is 2.67. The Kier molecular flexibility index (Phi) is 2.75. The van der Waals surface area contributed by atoms with Crippen molar-refractivity contribution in [2.45, 2.75) is 13.0 Å².